The molecule has 1 saturated carbocycles. The molecule has 5 heteroatoms. The number of carbonyl (C=O) groups is 2. The third-order valence-electron chi connectivity index (χ3n) is 4.45. The van der Waals surface area contributed by atoms with Crippen LogP contribution in [0.3, 0.4) is 0 Å². The van der Waals surface area contributed by atoms with Crippen molar-refractivity contribution in [3.8, 4) is 0 Å². The first-order valence-corrected chi connectivity index (χ1v) is 8.00. The zero-order valence-corrected chi connectivity index (χ0v) is 13.9. The number of hydrogen-bond donors (Lipinski definition) is 2. The Kier molecular flexibility index (Phi) is 6.65. The topological polar surface area (TPSA) is 69.6 Å². The molecule has 0 aliphatic heterocycles. The standard InChI is InChI=1S/C16H30N2O3/c1-10(2)18(11(3)4)7-6-17-15(19)13-8-12(5)9-14(13)16(20)21/h10-14H,6-9H2,1-5H3,(H,17,19)(H,20,21). The van der Waals surface area contributed by atoms with Crippen LogP contribution in [0.2, 0.25) is 0 Å². The lowest BCUT2D eigenvalue weighted by atomic mass is 9.95. The third-order valence-corrected chi connectivity index (χ3v) is 4.45. The highest BCUT2D eigenvalue weighted by molar-refractivity contribution is 5.85. The Morgan fingerprint density at radius 3 is 2.14 bits per heavy atom. The summed E-state index contributed by atoms with van der Waals surface area (Å²) in [5, 5.41) is 12.1. The molecule has 5 nitrogen and oxygen atoms in total. The molecule has 21 heavy (non-hydrogen) atoms. The predicted molar refractivity (Wildman–Crippen MR) is 83.0 cm³/mol. The third kappa shape index (κ3) is 4.99. The van der Waals surface area contributed by atoms with Gasteiger partial charge in [0.2, 0.25) is 5.91 Å². The van der Waals surface area contributed by atoms with E-state index in [0.29, 0.717) is 37.4 Å². The molecule has 1 aliphatic carbocycles. The minimum atomic E-state index is -0.842. The van der Waals surface area contributed by atoms with E-state index in [0.717, 1.165) is 6.54 Å². The second-order valence-electron chi connectivity index (χ2n) is 6.84. The molecule has 3 unspecified atom stereocenters. The van der Waals surface area contributed by atoms with Crippen molar-refractivity contribution < 1.29 is 14.7 Å². The summed E-state index contributed by atoms with van der Waals surface area (Å²) in [6.45, 7) is 11.9. The Morgan fingerprint density at radius 1 is 1.14 bits per heavy atom. The number of hydrogen-bond acceptors (Lipinski definition) is 3. The van der Waals surface area contributed by atoms with E-state index in [9.17, 15) is 14.7 Å². The molecular formula is C16H30N2O3. The molecule has 0 aromatic rings. The van der Waals surface area contributed by atoms with Crippen molar-refractivity contribution in [1.29, 1.82) is 0 Å². The molecule has 0 radical (unpaired) electrons. The smallest absolute Gasteiger partial charge is 0.307 e. The number of carboxylic acids is 1. The molecule has 1 rings (SSSR count). The van der Waals surface area contributed by atoms with Gasteiger partial charge in [-0.15, -0.1) is 0 Å². The fraction of sp³-hybridized carbons (Fsp3) is 0.875. The number of carboxylic acid groups (broad SMARTS) is 1. The van der Waals surface area contributed by atoms with Crippen LogP contribution in [0.25, 0.3) is 0 Å². The van der Waals surface area contributed by atoms with Crippen LogP contribution in [0.4, 0.5) is 0 Å². The molecule has 0 saturated heterocycles. The Balaban J connectivity index is 2.48. The van der Waals surface area contributed by atoms with Crippen LogP contribution in [0, 0.1) is 17.8 Å². The van der Waals surface area contributed by atoms with Crippen LogP contribution in [-0.4, -0.2) is 47.1 Å². The first-order valence-electron chi connectivity index (χ1n) is 8.00. The lowest BCUT2D eigenvalue weighted by Gasteiger charge is -2.30. The van der Waals surface area contributed by atoms with Crippen molar-refractivity contribution >= 4 is 11.9 Å². The summed E-state index contributed by atoms with van der Waals surface area (Å²) in [5.74, 6) is -1.52. The van der Waals surface area contributed by atoms with Gasteiger partial charge in [0.1, 0.15) is 0 Å². The molecule has 0 aromatic heterocycles. The van der Waals surface area contributed by atoms with E-state index in [1.54, 1.807) is 0 Å². The van der Waals surface area contributed by atoms with Gasteiger partial charge in [0.15, 0.2) is 0 Å². The highest BCUT2D eigenvalue weighted by atomic mass is 16.4. The van der Waals surface area contributed by atoms with Crippen molar-refractivity contribution in [3.05, 3.63) is 0 Å². The largest absolute Gasteiger partial charge is 0.481 e. The molecule has 122 valence electrons. The number of nitrogens with zero attached hydrogens (tertiary/aromatic N) is 1. The molecule has 1 aliphatic rings. The number of aliphatic carboxylic acids is 1. The van der Waals surface area contributed by atoms with Gasteiger partial charge in [0, 0.05) is 25.2 Å². The van der Waals surface area contributed by atoms with E-state index in [1.165, 1.54) is 0 Å². The Bertz CT molecular complexity index is 361. The zero-order chi connectivity index (χ0) is 16.2. The minimum absolute atomic E-state index is 0.0980. The lowest BCUT2D eigenvalue weighted by molar-refractivity contribution is -0.146. The summed E-state index contributed by atoms with van der Waals surface area (Å²) in [4.78, 5) is 25.8. The van der Waals surface area contributed by atoms with Crippen LogP contribution in [0.15, 0.2) is 0 Å². The average molecular weight is 298 g/mol. The lowest BCUT2D eigenvalue weighted by Crippen LogP contribution is -2.44. The summed E-state index contributed by atoms with van der Waals surface area (Å²) in [6.07, 6.45) is 1.29. The van der Waals surface area contributed by atoms with Gasteiger partial charge in [0.05, 0.1) is 11.8 Å². The van der Waals surface area contributed by atoms with E-state index in [1.807, 2.05) is 6.92 Å². The fourth-order valence-corrected chi connectivity index (χ4v) is 3.41. The maximum absolute atomic E-state index is 12.2. The highest BCUT2D eigenvalue weighted by Gasteiger charge is 2.41. The SMILES string of the molecule is CC1CC(C(=O)O)C(C(=O)NCCN(C(C)C)C(C)C)C1. The van der Waals surface area contributed by atoms with Crippen LogP contribution in [0.1, 0.15) is 47.5 Å². The summed E-state index contributed by atoms with van der Waals surface area (Å²) in [7, 11) is 0. The average Bonchev–Trinajstić information content (AvgIpc) is 2.75. The van der Waals surface area contributed by atoms with Crippen molar-refractivity contribution in [2.24, 2.45) is 17.8 Å². The minimum Gasteiger partial charge on any atom is -0.481 e. The van der Waals surface area contributed by atoms with E-state index >= 15 is 0 Å². The van der Waals surface area contributed by atoms with E-state index in [2.05, 4.69) is 37.9 Å². The second kappa shape index (κ2) is 7.78. The van der Waals surface area contributed by atoms with Crippen molar-refractivity contribution in [2.75, 3.05) is 13.1 Å². The van der Waals surface area contributed by atoms with Gasteiger partial charge in [0.25, 0.3) is 0 Å². The number of carbonyl (C=O) groups excluding carboxylic acids is 1. The normalized spacial score (nSPS) is 25.8. The van der Waals surface area contributed by atoms with Gasteiger partial charge in [-0.2, -0.15) is 0 Å². The van der Waals surface area contributed by atoms with E-state index < -0.39 is 11.9 Å². The molecule has 0 spiro atoms. The van der Waals surface area contributed by atoms with Gasteiger partial charge >= 0.3 is 5.97 Å². The highest BCUT2D eigenvalue weighted by Crippen LogP contribution is 2.36. The number of nitrogens with one attached hydrogen (secondary N) is 1. The molecular weight excluding hydrogens is 268 g/mol. The zero-order valence-electron chi connectivity index (χ0n) is 13.9. The maximum Gasteiger partial charge on any atom is 0.307 e. The molecule has 2 N–H and O–H groups in total. The monoisotopic (exact) mass is 298 g/mol. The summed E-state index contributed by atoms with van der Waals surface area (Å²) in [5.41, 5.74) is 0. The van der Waals surface area contributed by atoms with E-state index in [4.69, 9.17) is 0 Å². The Morgan fingerprint density at radius 2 is 1.67 bits per heavy atom. The molecule has 1 amide bonds. The maximum atomic E-state index is 12.2. The first-order chi connectivity index (χ1) is 9.73. The number of rotatable bonds is 7. The molecule has 0 aromatic carbocycles. The molecule has 1 fully saturated rings. The Hall–Kier alpha value is -1.10. The number of amides is 1. The van der Waals surface area contributed by atoms with Crippen LogP contribution in [0.5, 0.6) is 0 Å². The molecule has 0 heterocycles. The first kappa shape index (κ1) is 18.0. The molecule has 3 atom stereocenters. The summed E-state index contributed by atoms with van der Waals surface area (Å²) >= 11 is 0. The van der Waals surface area contributed by atoms with Crippen LogP contribution < -0.4 is 5.32 Å². The van der Waals surface area contributed by atoms with Crippen molar-refractivity contribution in [3.63, 3.8) is 0 Å². The fourth-order valence-electron chi connectivity index (χ4n) is 3.41. The van der Waals surface area contributed by atoms with Crippen molar-refractivity contribution in [1.82, 2.24) is 10.2 Å². The van der Waals surface area contributed by atoms with Crippen LogP contribution >= 0.6 is 0 Å². The molecule has 0 bridgehead atoms. The van der Waals surface area contributed by atoms with Gasteiger partial charge in [-0.1, -0.05) is 6.92 Å². The van der Waals surface area contributed by atoms with Gasteiger partial charge in [-0.05, 0) is 46.5 Å². The summed E-state index contributed by atoms with van der Waals surface area (Å²) < 4.78 is 0. The quantitative estimate of drug-likeness (QED) is 0.754. The summed E-state index contributed by atoms with van der Waals surface area (Å²) in [6, 6.07) is 0.861. The predicted octanol–water partition coefficient (Wildman–Crippen LogP) is 1.97. The van der Waals surface area contributed by atoms with Gasteiger partial charge in [-0.3, -0.25) is 14.5 Å². The Labute approximate surface area is 128 Å². The van der Waals surface area contributed by atoms with Crippen molar-refractivity contribution in [2.45, 2.75) is 59.5 Å². The second-order valence-corrected chi connectivity index (χ2v) is 6.84. The van der Waals surface area contributed by atoms with Gasteiger partial charge < -0.3 is 10.4 Å². The van der Waals surface area contributed by atoms with E-state index in [-0.39, 0.29) is 11.8 Å². The van der Waals surface area contributed by atoms with Gasteiger partial charge in [-0.25, -0.2) is 0 Å². The van der Waals surface area contributed by atoms with Crippen LogP contribution in [-0.2, 0) is 9.59 Å².